The number of hydrogen-bond donors (Lipinski definition) is 2. The Morgan fingerprint density at radius 1 is 0.962 bits per heavy atom. The Morgan fingerprint density at radius 2 is 1.73 bits per heavy atom. The van der Waals surface area contributed by atoms with Crippen molar-refractivity contribution in [3.63, 3.8) is 0 Å². The SMILES string of the molecule is Cc1ccc(Nc2cncc(C(=O)Nc3ccc(F)cc3F)c2)c(C)c1. The van der Waals surface area contributed by atoms with E-state index in [9.17, 15) is 13.6 Å². The number of aryl methyl sites for hydroxylation is 2. The quantitative estimate of drug-likeness (QED) is 0.696. The van der Waals surface area contributed by atoms with E-state index in [1.165, 1.54) is 12.3 Å². The van der Waals surface area contributed by atoms with Crippen LogP contribution in [-0.4, -0.2) is 10.9 Å². The molecule has 26 heavy (non-hydrogen) atoms. The summed E-state index contributed by atoms with van der Waals surface area (Å²) in [5.41, 5.74) is 3.91. The molecule has 3 rings (SSSR count). The number of amides is 1. The number of carbonyl (C=O) groups excluding carboxylic acids is 1. The van der Waals surface area contributed by atoms with Crippen molar-refractivity contribution < 1.29 is 13.6 Å². The third kappa shape index (κ3) is 4.03. The van der Waals surface area contributed by atoms with Gasteiger partial charge in [0.25, 0.3) is 5.91 Å². The molecule has 3 aromatic rings. The fourth-order valence-corrected chi connectivity index (χ4v) is 2.53. The lowest BCUT2D eigenvalue weighted by Gasteiger charge is -2.11. The molecule has 0 unspecified atom stereocenters. The molecule has 0 radical (unpaired) electrons. The Labute approximate surface area is 149 Å². The number of nitrogens with zero attached hydrogens (tertiary/aromatic N) is 1. The third-order valence-electron chi connectivity index (χ3n) is 3.84. The zero-order valence-corrected chi connectivity index (χ0v) is 14.3. The van der Waals surface area contributed by atoms with Crippen molar-refractivity contribution in [3.8, 4) is 0 Å². The van der Waals surface area contributed by atoms with E-state index in [0.29, 0.717) is 11.8 Å². The smallest absolute Gasteiger partial charge is 0.257 e. The number of halogens is 2. The minimum absolute atomic E-state index is 0.0934. The number of rotatable bonds is 4. The Hall–Kier alpha value is -3.28. The van der Waals surface area contributed by atoms with Gasteiger partial charge in [-0.05, 0) is 43.7 Å². The molecule has 0 saturated heterocycles. The van der Waals surface area contributed by atoms with Crippen molar-refractivity contribution in [2.75, 3.05) is 10.6 Å². The van der Waals surface area contributed by atoms with E-state index in [4.69, 9.17) is 0 Å². The van der Waals surface area contributed by atoms with Gasteiger partial charge in [0.05, 0.1) is 23.1 Å². The monoisotopic (exact) mass is 353 g/mol. The second-order valence-corrected chi connectivity index (χ2v) is 5.98. The second kappa shape index (κ2) is 7.31. The summed E-state index contributed by atoms with van der Waals surface area (Å²) < 4.78 is 26.6. The first-order chi connectivity index (χ1) is 12.4. The number of hydrogen-bond acceptors (Lipinski definition) is 3. The lowest BCUT2D eigenvalue weighted by Crippen LogP contribution is -2.13. The van der Waals surface area contributed by atoms with Gasteiger partial charge in [-0.25, -0.2) is 8.78 Å². The number of pyridine rings is 1. The number of benzene rings is 2. The standard InChI is InChI=1S/C20H17F2N3O/c1-12-3-5-18(13(2)7-12)24-16-8-14(10-23-11-16)20(26)25-19-6-4-15(21)9-17(19)22/h3-11,24H,1-2H3,(H,25,26). The lowest BCUT2D eigenvalue weighted by atomic mass is 10.1. The average molecular weight is 353 g/mol. The van der Waals surface area contributed by atoms with E-state index in [-0.39, 0.29) is 11.3 Å². The molecule has 0 atom stereocenters. The first-order valence-electron chi connectivity index (χ1n) is 7.98. The fourth-order valence-electron chi connectivity index (χ4n) is 2.53. The van der Waals surface area contributed by atoms with Crippen molar-refractivity contribution >= 4 is 23.0 Å². The Balaban J connectivity index is 1.79. The summed E-state index contributed by atoms with van der Waals surface area (Å²) >= 11 is 0. The van der Waals surface area contributed by atoms with Gasteiger partial charge in [-0.15, -0.1) is 0 Å². The van der Waals surface area contributed by atoms with Crippen LogP contribution in [0.4, 0.5) is 25.8 Å². The van der Waals surface area contributed by atoms with Gasteiger partial charge in [0.15, 0.2) is 0 Å². The van der Waals surface area contributed by atoms with Gasteiger partial charge in [-0.3, -0.25) is 9.78 Å². The summed E-state index contributed by atoms with van der Waals surface area (Å²) in [5, 5.41) is 5.63. The van der Waals surface area contributed by atoms with Gasteiger partial charge in [-0.1, -0.05) is 17.7 Å². The lowest BCUT2D eigenvalue weighted by molar-refractivity contribution is 0.102. The Bertz CT molecular complexity index is 973. The van der Waals surface area contributed by atoms with Crippen molar-refractivity contribution in [2.24, 2.45) is 0 Å². The van der Waals surface area contributed by atoms with E-state index in [1.807, 2.05) is 32.0 Å². The molecule has 0 spiro atoms. The maximum atomic E-state index is 13.7. The van der Waals surface area contributed by atoms with Crippen molar-refractivity contribution in [1.82, 2.24) is 4.98 Å². The van der Waals surface area contributed by atoms with E-state index in [2.05, 4.69) is 15.6 Å². The summed E-state index contributed by atoms with van der Waals surface area (Å²) in [4.78, 5) is 16.4. The minimum atomic E-state index is -0.837. The van der Waals surface area contributed by atoms with Gasteiger partial charge >= 0.3 is 0 Å². The van der Waals surface area contributed by atoms with Gasteiger partial charge in [0.1, 0.15) is 11.6 Å². The van der Waals surface area contributed by atoms with Gasteiger partial charge in [0.2, 0.25) is 0 Å². The summed E-state index contributed by atoms with van der Waals surface area (Å²) in [6.45, 7) is 3.99. The molecule has 4 nitrogen and oxygen atoms in total. The average Bonchev–Trinajstić information content (AvgIpc) is 2.60. The molecule has 0 aliphatic heterocycles. The molecular weight excluding hydrogens is 336 g/mol. The molecule has 2 N–H and O–H groups in total. The molecule has 1 amide bonds. The first kappa shape index (κ1) is 17.5. The van der Waals surface area contributed by atoms with Crippen LogP contribution >= 0.6 is 0 Å². The van der Waals surface area contributed by atoms with Crippen LogP contribution in [0.3, 0.4) is 0 Å². The predicted octanol–water partition coefficient (Wildman–Crippen LogP) is 4.97. The molecule has 0 aliphatic rings. The van der Waals surface area contributed by atoms with E-state index >= 15 is 0 Å². The number of nitrogens with one attached hydrogen (secondary N) is 2. The molecule has 0 bridgehead atoms. The predicted molar refractivity (Wildman–Crippen MR) is 97.7 cm³/mol. The zero-order valence-electron chi connectivity index (χ0n) is 14.3. The Morgan fingerprint density at radius 3 is 2.46 bits per heavy atom. The van der Waals surface area contributed by atoms with Crippen LogP contribution in [0, 0.1) is 25.5 Å². The largest absolute Gasteiger partial charge is 0.354 e. The number of carbonyl (C=O) groups is 1. The highest BCUT2D eigenvalue weighted by molar-refractivity contribution is 6.04. The summed E-state index contributed by atoms with van der Waals surface area (Å²) in [5.74, 6) is -2.08. The van der Waals surface area contributed by atoms with Crippen LogP contribution in [0.1, 0.15) is 21.5 Å². The number of aromatic nitrogens is 1. The highest BCUT2D eigenvalue weighted by Gasteiger charge is 2.11. The highest BCUT2D eigenvalue weighted by Crippen LogP contribution is 2.22. The minimum Gasteiger partial charge on any atom is -0.354 e. The zero-order chi connectivity index (χ0) is 18.7. The van der Waals surface area contributed by atoms with Crippen LogP contribution in [0.5, 0.6) is 0 Å². The Kier molecular flexibility index (Phi) is 4.93. The topological polar surface area (TPSA) is 54.0 Å². The molecule has 132 valence electrons. The van der Waals surface area contributed by atoms with E-state index < -0.39 is 17.5 Å². The summed E-state index contributed by atoms with van der Waals surface area (Å²) in [6, 6.07) is 10.6. The normalized spacial score (nSPS) is 10.5. The van der Waals surface area contributed by atoms with Gasteiger partial charge in [-0.2, -0.15) is 0 Å². The molecule has 0 saturated carbocycles. The molecule has 2 aromatic carbocycles. The molecular formula is C20H17F2N3O. The second-order valence-electron chi connectivity index (χ2n) is 5.98. The van der Waals surface area contributed by atoms with Gasteiger partial charge < -0.3 is 10.6 Å². The van der Waals surface area contributed by atoms with E-state index in [0.717, 1.165) is 22.9 Å². The van der Waals surface area contributed by atoms with Crippen molar-refractivity contribution in [3.05, 3.63) is 83.2 Å². The molecule has 0 fully saturated rings. The van der Waals surface area contributed by atoms with Gasteiger partial charge in [0, 0.05) is 18.0 Å². The van der Waals surface area contributed by atoms with Crippen LogP contribution in [0.2, 0.25) is 0 Å². The summed E-state index contributed by atoms with van der Waals surface area (Å²) in [7, 11) is 0. The van der Waals surface area contributed by atoms with Crippen LogP contribution < -0.4 is 10.6 Å². The first-order valence-corrected chi connectivity index (χ1v) is 7.98. The molecule has 6 heteroatoms. The van der Waals surface area contributed by atoms with Crippen LogP contribution in [0.15, 0.2) is 54.9 Å². The molecule has 0 aliphatic carbocycles. The maximum absolute atomic E-state index is 13.7. The molecule has 1 heterocycles. The maximum Gasteiger partial charge on any atom is 0.257 e. The number of anilines is 3. The van der Waals surface area contributed by atoms with Crippen molar-refractivity contribution in [1.29, 1.82) is 0 Å². The highest BCUT2D eigenvalue weighted by atomic mass is 19.1. The van der Waals surface area contributed by atoms with E-state index in [1.54, 1.807) is 12.3 Å². The van der Waals surface area contributed by atoms with Crippen molar-refractivity contribution in [2.45, 2.75) is 13.8 Å². The van der Waals surface area contributed by atoms with Crippen LogP contribution in [0.25, 0.3) is 0 Å². The van der Waals surface area contributed by atoms with Crippen LogP contribution in [-0.2, 0) is 0 Å². The molecule has 1 aromatic heterocycles. The third-order valence-corrected chi connectivity index (χ3v) is 3.84. The summed E-state index contributed by atoms with van der Waals surface area (Å²) in [6.07, 6.45) is 2.97. The fraction of sp³-hybridized carbons (Fsp3) is 0.100.